The van der Waals surface area contributed by atoms with Gasteiger partial charge in [-0.25, -0.2) is 0 Å². The number of aryl methyl sites for hydroxylation is 1. The van der Waals surface area contributed by atoms with Crippen LogP contribution in [0.2, 0.25) is 0 Å². The van der Waals surface area contributed by atoms with E-state index in [1.54, 1.807) is 7.11 Å². The minimum atomic E-state index is 0.240. The molecule has 0 aliphatic heterocycles. The van der Waals surface area contributed by atoms with Crippen molar-refractivity contribution in [1.29, 1.82) is 0 Å². The van der Waals surface area contributed by atoms with Crippen LogP contribution in [0.15, 0.2) is 22.7 Å². The Morgan fingerprint density at radius 1 is 1.35 bits per heavy atom. The van der Waals surface area contributed by atoms with Gasteiger partial charge in [0.15, 0.2) is 0 Å². The van der Waals surface area contributed by atoms with Crippen molar-refractivity contribution < 1.29 is 4.74 Å². The SMILES string of the molecule is COCCN(CC(C)C)C(CN)c1ccc(C)c(Br)c1. The van der Waals surface area contributed by atoms with Gasteiger partial charge in [-0.1, -0.05) is 41.9 Å². The number of ether oxygens (including phenoxy) is 1. The summed E-state index contributed by atoms with van der Waals surface area (Å²) in [7, 11) is 1.74. The quantitative estimate of drug-likeness (QED) is 0.787. The molecular formula is C16H27BrN2O. The fourth-order valence-corrected chi connectivity index (χ4v) is 2.76. The standard InChI is InChI=1S/C16H27BrN2O/c1-12(2)11-19(7-8-20-4)16(10-18)14-6-5-13(3)15(17)9-14/h5-6,9,12,16H,7-8,10-11,18H2,1-4H3. The van der Waals surface area contributed by atoms with Gasteiger partial charge in [0, 0.05) is 37.3 Å². The predicted molar refractivity (Wildman–Crippen MR) is 89.0 cm³/mol. The largest absolute Gasteiger partial charge is 0.383 e. The highest BCUT2D eigenvalue weighted by Gasteiger charge is 2.20. The Hall–Kier alpha value is -0.420. The van der Waals surface area contributed by atoms with Crippen molar-refractivity contribution in [2.45, 2.75) is 26.8 Å². The van der Waals surface area contributed by atoms with Crippen molar-refractivity contribution in [2.24, 2.45) is 11.7 Å². The number of hydrogen-bond acceptors (Lipinski definition) is 3. The van der Waals surface area contributed by atoms with Crippen LogP contribution < -0.4 is 5.73 Å². The second kappa shape index (κ2) is 8.78. The third-order valence-corrected chi connectivity index (χ3v) is 4.28. The Labute approximate surface area is 131 Å². The number of methoxy groups -OCH3 is 1. The minimum Gasteiger partial charge on any atom is -0.383 e. The van der Waals surface area contributed by atoms with E-state index in [2.05, 4.69) is 59.8 Å². The van der Waals surface area contributed by atoms with E-state index in [-0.39, 0.29) is 6.04 Å². The van der Waals surface area contributed by atoms with E-state index in [1.807, 2.05) is 0 Å². The molecule has 0 saturated heterocycles. The number of nitrogens with two attached hydrogens (primary N) is 1. The van der Waals surface area contributed by atoms with Crippen LogP contribution in [0.1, 0.15) is 31.0 Å². The molecule has 0 fully saturated rings. The van der Waals surface area contributed by atoms with E-state index in [9.17, 15) is 0 Å². The van der Waals surface area contributed by atoms with Crippen LogP contribution in [0.25, 0.3) is 0 Å². The zero-order valence-electron chi connectivity index (χ0n) is 13.0. The van der Waals surface area contributed by atoms with Gasteiger partial charge in [-0.3, -0.25) is 4.90 Å². The molecule has 114 valence electrons. The van der Waals surface area contributed by atoms with Gasteiger partial charge in [-0.2, -0.15) is 0 Å². The van der Waals surface area contributed by atoms with Gasteiger partial charge in [-0.15, -0.1) is 0 Å². The van der Waals surface area contributed by atoms with Crippen LogP contribution in [0, 0.1) is 12.8 Å². The maximum absolute atomic E-state index is 6.04. The summed E-state index contributed by atoms with van der Waals surface area (Å²) in [6.45, 7) is 9.85. The molecule has 1 rings (SSSR count). The summed E-state index contributed by atoms with van der Waals surface area (Å²) in [4.78, 5) is 2.42. The van der Waals surface area contributed by atoms with Crippen LogP contribution in [-0.4, -0.2) is 38.3 Å². The van der Waals surface area contributed by atoms with Crippen LogP contribution in [0.4, 0.5) is 0 Å². The topological polar surface area (TPSA) is 38.5 Å². The fourth-order valence-electron chi connectivity index (χ4n) is 2.36. The summed E-state index contributed by atoms with van der Waals surface area (Å²) in [6, 6.07) is 6.75. The third kappa shape index (κ3) is 5.17. The Kier molecular flexibility index (Phi) is 7.74. The fraction of sp³-hybridized carbons (Fsp3) is 0.625. The van der Waals surface area contributed by atoms with Crippen LogP contribution in [0.5, 0.6) is 0 Å². The van der Waals surface area contributed by atoms with E-state index in [0.717, 1.165) is 24.2 Å². The molecule has 0 amide bonds. The summed E-state index contributed by atoms with van der Waals surface area (Å²) in [5, 5.41) is 0. The van der Waals surface area contributed by atoms with Gasteiger partial charge in [0.1, 0.15) is 0 Å². The lowest BCUT2D eigenvalue weighted by atomic mass is 10.0. The molecule has 3 nitrogen and oxygen atoms in total. The van der Waals surface area contributed by atoms with E-state index < -0.39 is 0 Å². The van der Waals surface area contributed by atoms with E-state index in [1.165, 1.54) is 11.1 Å². The van der Waals surface area contributed by atoms with E-state index >= 15 is 0 Å². The summed E-state index contributed by atoms with van der Waals surface area (Å²) >= 11 is 3.61. The molecule has 0 spiro atoms. The van der Waals surface area contributed by atoms with Crippen molar-refractivity contribution in [3.05, 3.63) is 33.8 Å². The highest BCUT2D eigenvalue weighted by Crippen LogP contribution is 2.25. The van der Waals surface area contributed by atoms with E-state index in [4.69, 9.17) is 10.5 Å². The molecule has 2 N–H and O–H groups in total. The third-order valence-electron chi connectivity index (χ3n) is 3.43. The van der Waals surface area contributed by atoms with Gasteiger partial charge >= 0.3 is 0 Å². The molecule has 20 heavy (non-hydrogen) atoms. The summed E-state index contributed by atoms with van der Waals surface area (Å²) in [6.07, 6.45) is 0. The van der Waals surface area contributed by atoms with Crippen LogP contribution >= 0.6 is 15.9 Å². The number of halogens is 1. The first-order valence-electron chi connectivity index (χ1n) is 7.18. The molecule has 0 radical (unpaired) electrons. The maximum Gasteiger partial charge on any atom is 0.0589 e. The average Bonchev–Trinajstić information content (AvgIpc) is 2.40. The van der Waals surface area contributed by atoms with Crippen molar-refractivity contribution in [3.63, 3.8) is 0 Å². The molecule has 1 unspecified atom stereocenters. The van der Waals surface area contributed by atoms with Gasteiger partial charge in [0.2, 0.25) is 0 Å². The second-order valence-corrected chi connectivity index (χ2v) is 6.50. The van der Waals surface area contributed by atoms with Crippen molar-refractivity contribution in [3.8, 4) is 0 Å². The molecule has 0 bridgehead atoms. The highest BCUT2D eigenvalue weighted by atomic mass is 79.9. The number of hydrogen-bond donors (Lipinski definition) is 1. The zero-order valence-corrected chi connectivity index (χ0v) is 14.6. The average molecular weight is 343 g/mol. The molecule has 4 heteroatoms. The molecule has 1 aromatic rings. The Bertz CT molecular complexity index is 409. The van der Waals surface area contributed by atoms with Gasteiger partial charge in [-0.05, 0) is 30.0 Å². The Morgan fingerprint density at radius 3 is 2.55 bits per heavy atom. The van der Waals surface area contributed by atoms with Crippen molar-refractivity contribution in [1.82, 2.24) is 4.90 Å². The minimum absolute atomic E-state index is 0.240. The maximum atomic E-state index is 6.04. The van der Waals surface area contributed by atoms with Crippen LogP contribution in [0.3, 0.4) is 0 Å². The predicted octanol–water partition coefficient (Wildman–Crippen LogP) is 3.36. The molecule has 1 aromatic carbocycles. The highest BCUT2D eigenvalue weighted by molar-refractivity contribution is 9.10. The first-order chi connectivity index (χ1) is 9.49. The van der Waals surface area contributed by atoms with Gasteiger partial charge < -0.3 is 10.5 Å². The van der Waals surface area contributed by atoms with Gasteiger partial charge in [0.05, 0.1) is 6.61 Å². The smallest absolute Gasteiger partial charge is 0.0589 e. The first kappa shape index (κ1) is 17.6. The van der Waals surface area contributed by atoms with Crippen LogP contribution in [-0.2, 0) is 4.74 Å². The number of benzene rings is 1. The summed E-state index contributed by atoms with van der Waals surface area (Å²) in [5.74, 6) is 0.606. The molecule has 0 aliphatic rings. The summed E-state index contributed by atoms with van der Waals surface area (Å²) in [5.41, 5.74) is 8.56. The lowest BCUT2D eigenvalue weighted by Gasteiger charge is -2.32. The monoisotopic (exact) mass is 342 g/mol. The normalized spacial score (nSPS) is 13.2. The first-order valence-corrected chi connectivity index (χ1v) is 7.98. The molecule has 0 aliphatic carbocycles. The van der Waals surface area contributed by atoms with E-state index in [0.29, 0.717) is 12.5 Å². The lowest BCUT2D eigenvalue weighted by Crippen LogP contribution is -2.38. The van der Waals surface area contributed by atoms with Crippen molar-refractivity contribution in [2.75, 3.05) is 33.4 Å². The lowest BCUT2D eigenvalue weighted by molar-refractivity contribution is 0.112. The molecule has 1 atom stereocenters. The van der Waals surface area contributed by atoms with Crippen molar-refractivity contribution >= 4 is 15.9 Å². The summed E-state index contributed by atoms with van der Waals surface area (Å²) < 4.78 is 6.38. The molecule has 0 heterocycles. The zero-order chi connectivity index (χ0) is 15.1. The Balaban J connectivity index is 2.94. The second-order valence-electron chi connectivity index (χ2n) is 5.64. The van der Waals surface area contributed by atoms with Gasteiger partial charge in [0.25, 0.3) is 0 Å². The Morgan fingerprint density at radius 2 is 2.05 bits per heavy atom. The molecular weight excluding hydrogens is 316 g/mol. The molecule has 0 saturated carbocycles. The number of nitrogens with zero attached hydrogens (tertiary/aromatic N) is 1. The molecule has 0 aromatic heterocycles. The number of rotatable bonds is 8.